The van der Waals surface area contributed by atoms with Gasteiger partial charge in [0.1, 0.15) is 23.0 Å². The van der Waals surface area contributed by atoms with Gasteiger partial charge < -0.3 is 21.1 Å². The molecule has 0 unspecified atom stereocenters. The topological polar surface area (TPSA) is 94.2 Å². The Morgan fingerprint density at radius 2 is 1.97 bits per heavy atom. The Hall–Kier alpha value is -3.17. The maximum Gasteiger partial charge on any atom is 0.323 e. The van der Waals surface area contributed by atoms with Crippen molar-refractivity contribution in [1.29, 1.82) is 0 Å². The van der Waals surface area contributed by atoms with E-state index in [4.69, 9.17) is 22.1 Å². The molecule has 0 saturated heterocycles. The maximum absolute atomic E-state index is 13.8. The van der Waals surface area contributed by atoms with E-state index in [2.05, 4.69) is 15.7 Å². The molecule has 7 nitrogen and oxygen atoms in total. The summed E-state index contributed by atoms with van der Waals surface area (Å²) in [7, 11) is 1.73. The standard InChI is InChI=1S/C21H22ClF2N5O2/c1-21(2,11-25)31-18-7-5-13(9-14(18)19-15(22)10-26-29(19)3)27-20(30)28-17-6-4-12(23)8-16(17)24/h4-10H,11,25H2,1-3H3,(H2,27,28,30). The monoisotopic (exact) mass is 449 g/mol. The highest BCUT2D eigenvalue weighted by molar-refractivity contribution is 6.33. The van der Waals surface area contributed by atoms with Crippen molar-refractivity contribution in [2.24, 2.45) is 12.8 Å². The van der Waals surface area contributed by atoms with Crippen LogP contribution in [0.15, 0.2) is 42.6 Å². The first-order chi connectivity index (χ1) is 14.6. The molecule has 3 rings (SSSR count). The van der Waals surface area contributed by atoms with E-state index in [0.29, 0.717) is 33.8 Å². The summed E-state index contributed by atoms with van der Waals surface area (Å²) in [5.74, 6) is -1.13. The smallest absolute Gasteiger partial charge is 0.323 e. The van der Waals surface area contributed by atoms with Crippen LogP contribution in [0.3, 0.4) is 0 Å². The zero-order valence-electron chi connectivity index (χ0n) is 17.2. The summed E-state index contributed by atoms with van der Waals surface area (Å²) in [5, 5.41) is 9.50. The van der Waals surface area contributed by atoms with Crippen LogP contribution in [0.5, 0.6) is 5.75 Å². The number of halogens is 3. The molecule has 164 valence electrons. The molecular formula is C21H22ClF2N5O2. The molecule has 0 aliphatic heterocycles. The summed E-state index contributed by atoms with van der Waals surface area (Å²) in [6.45, 7) is 3.97. The molecule has 10 heteroatoms. The number of aromatic nitrogens is 2. The zero-order chi connectivity index (χ0) is 22.8. The number of rotatable bonds is 6. The molecule has 0 bridgehead atoms. The maximum atomic E-state index is 13.8. The molecule has 0 spiro atoms. The van der Waals surface area contributed by atoms with Gasteiger partial charge in [0, 0.05) is 30.9 Å². The van der Waals surface area contributed by atoms with Crippen molar-refractivity contribution in [3.8, 4) is 17.0 Å². The minimum absolute atomic E-state index is 0.154. The Kier molecular flexibility index (Phi) is 6.47. The minimum atomic E-state index is -0.884. The van der Waals surface area contributed by atoms with Gasteiger partial charge in [-0.3, -0.25) is 4.68 Å². The van der Waals surface area contributed by atoms with Crippen LogP contribution in [0, 0.1) is 11.6 Å². The Morgan fingerprint density at radius 3 is 2.58 bits per heavy atom. The normalized spacial score (nSPS) is 11.3. The molecule has 0 atom stereocenters. The largest absolute Gasteiger partial charge is 0.486 e. The van der Waals surface area contributed by atoms with Crippen LogP contribution in [0.1, 0.15) is 13.8 Å². The van der Waals surface area contributed by atoms with Crippen LogP contribution < -0.4 is 21.1 Å². The second-order valence-electron chi connectivity index (χ2n) is 7.44. The van der Waals surface area contributed by atoms with Gasteiger partial charge in [-0.05, 0) is 44.2 Å². The molecule has 0 aliphatic carbocycles. The summed E-state index contributed by atoms with van der Waals surface area (Å²) in [4.78, 5) is 12.3. The summed E-state index contributed by atoms with van der Waals surface area (Å²) in [6.07, 6.45) is 1.50. The number of hydrogen-bond donors (Lipinski definition) is 3. The van der Waals surface area contributed by atoms with E-state index in [1.807, 2.05) is 13.8 Å². The van der Waals surface area contributed by atoms with Gasteiger partial charge in [-0.25, -0.2) is 13.6 Å². The number of carbonyl (C=O) groups is 1. The lowest BCUT2D eigenvalue weighted by Gasteiger charge is -2.26. The third-order valence-electron chi connectivity index (χ3n) is 4.44. The first kappa shape index (κ1) is 22.5. The number of benzene rings is 2. The van der Waals surface area contributed by atoms with Gasteiger partial charge in [-0.1, -0.05) is 11.6 Å². The second-order valence-corrected chi connectivity index (χ2v) is 7.85. The number of anilines is 2. The Morgan fingerprint density at radius 1 is 1.23 bits per heavy atom. The average molecular weight is 450 g/mol. The number of hydrogen-bond acceptors (Lipinski definition) is 4. The van der Waals surface area contributed by atoms with Crippen LogP contribution in [-0.2, 0) is 7.05 Å². The third-order valence-corrected chi connectivity index (χ3v) is 4.72. The van der Waals surface area contributed by atoms with Gasteiger partial charge in [0.25, 0.3) is 0 Å². The summed E-state index contributed by atoms with van der Waals surface area (Å²) < 4.78 is 34.5. The third kappa shape index (κ3) is 5.31. The van der Waals surface area contributed by atoms with Crippen LogP contribution >= 0.6 is 11.6 Å². The van der Waals surface area contributed by atoms with Gasteiger partial charge in [-0.15, -0.1) is 0 Å². The number of nitrogens with two attached hydrogens (primary N) is 1. The highest BCUT2D eigenvalue weighted by Gasteiger charge is 2.22. The van der Waals surface area contributed by atoms with Crippen molar-refractivity contribution >= 4 is 29.0 Å². The SMILES string of the molecule is Cn1ncc(Cl)c1-c1cc(NC(=O)Nc2ccc(F)cc2F)ccc1OC(C)(C)CN. The van der Waals surface area contributed by atoms with E-state index in [-0.39, 0.29) is 12.2 Å². The number of nitrogens with zero attached hydrogens (tertiary/aromatic N) is 2. The fraction of sp³-hybridized carbons (Fsp3) is 0.238. The molecule has 0 saturated carbocycles. The van der Waals surface area contributed by atoms with Crippen LogP contribution in [0.2, 0.25) is 5.02 Å². The molecule has 0 fully saturated rings. The van der Waals surface area contributed by atoms with Crippen LogP contribution in [0.25, 0.3) is 11.3 Å². The lowest BCUT2D eigenvalue weighted by molar-refractivity contribution is 0.119. The summed E-state index contributed by atoms with van der Waals surface area (Å²) in [6, 6.07) is 7.11. The Labute approximate surface area is 183 Å². The molecule has 2 aromatic carbocycles. The Balaban J connectivity index is 1.91. The average Bonchev–Trinajstić information content (AvgIpc) is 3.03. The molecule has 3 aromatic rings. The first-order valence-corrected chi connectivity index (χ1v) is 9.71. The van der Waals surface area contributed by atoms with Gasteiger partial charge in [-0.2, -0.15) is 5.10 Å². The number of amides is 2. The van der Waals surface area contributed by atoms with Gasteiger partial charge in [0.15, 0.2) is 0 Å². The van der Waals surface area contributed by atoms with E-state index in [0.717, 1.165) is 12.1 Å². The molecule has 0 radical (unpaired) electrons. The fourth-order valence-electron chi connectivity index (χ4n) is 2.81. The molecule has 31 heavy (non-hydrogen) atoms. The number of ether oxygens (including phenoxy) is 1. The van der Waals surface area contributed by atoms with Crippen molar-refractivity contribution in [3.05, 3.63) is 59.3 Å². The number of urea groups is 1. The van der Waals surface area contributed by atoms with E-state index < -0.39 is 23.3 Å². The molecule has 1 heterocycles. The van der Waals surface area contributed by atoms with Gasteiger partial charge >= 0.3 is 6.03 Å². The number of nitrogens with one attached hydrogen (secondary N) is 2. The van der Waals surface area contributed by atoms with Gasteiger partial charge in [0.05, 0.1) is 22.6 Å². The molecule has 0 aliphatic rings. The van der Waals surface area contributed by atoms with Gasteiger partial charge in [0.2, 0.25) is 0 Å². The molecule has 4 N–H and O–H groups in total. The minimum Gasteiger partial charge on any atom is -0.486 e. The lowest BCUT2D eigenvalue weighted by atomic mass is 10.1. The number of carbonyl (C=O) groups excluding carboxylic acids is 1. The Bertz CT molecular complexity index is 1100. The predicted octanol–water partition coefficient (Wildman–Crippen LogP) is 4.78. The van der Waals surface area contributed by atoms with Crippen molar-refractivity contribution in [3.63, 3.8) is 0 Å². The number of aryl methyl sites for hydroxylation is 1. The van der Waals surface area contributed by atoms with E-state index in [1.54, 1.807) is 29.9 Å². The predicted molar refractivity (Wildman–Crippen MR) is 116 cm³/mol. The first-order valence-electron chi connectivity index (χ1n) is 9.33. The molecule has 2 amide bonds. The zero-order valence-corrected chi connectivity index (χ0v) is 17.9. The van der Waals surface area contributed by atoms with E-state index in [1.165, 1.54) is 6.20 Å². The summed E-state index contributed by atoms with van der Waals surface area (Å²) >= 11 is 6.32. The summed E-state index contributed by atoms with van der Waals surface area (Å²) in [5.41, 5.74) is 6.54. The van der Waals surface area contributed by atoms with E-state index in [9.17, 15) is 13.6 Å². The van der Waals surface area contributed by atoms with Crippen molar-refractivity contribution < 1.29 is 18.3 Å². The van der Waals surface area contributed by atoms with Crippen molar-refractivity contribution in [2.75, 3.05) is 17.2 Å². The van der Waals surface area contributed by atoms with E-state index >= 15 is 0 Å². The van der Waals surface area contributed by atoms with Crippen LogP contribution in [0.4, 0.5) is 25.0 Å². The van der Waals surface area contributed by atoms with Crippen molar-refractivity contribution in [1.82, 2.24) is 9.78 Å². The second kappa shape index (κ2) is 8.91. The highest BCUT2D eigenvalue weighted by Crippen LogP contribution is 2.38. The van der Waals surface area contributed by atoms with Crippen molar-refractivity contribution in [2.45, 2.75) is 19.4 Å². The quantitative estimate of drug-likeness (QED) is 0.504. The highest BCUT2D eigenvalue weighted by atomic mass is 35.5. The lowest BCUT2D eigenvalue weighted by Crippen LogP contribution is -2.37. The van der Waals surface area contributed by atoms with Crippen LogP contribution in [-0.4, -0.2) is 28.0 Å². The molecule has 1 aromatic heterocycles. The molecular weight excluding hydrogens is 428 g/mol. The fourth-order valence-corrected chi connectivity index (χ4v) is 3.08.